The number of piperidine rings is 1. The van der Waals surface area contributed by atoms with Gasteiger partial charge >= 0.3 is 0 Å². The zero-order valence-electron chi connectivity index (χ0n) is 12.2. The van der Waals surface area contributed by atoms with Crippen LogP contribution in [0, 0.1) is 0 Å². The molecule has 0 unspecified atom stereocenters. The highest BCUT2D eigenvalue weighted by atomic mass is 35.5. The van der Waals surface area contributed by atoms with Crippen molar-refractivity contribution in [3.8, 4) is 0 Å². The third-order valence-corrected chi connectivity index (χ3v) is 4.91. The summed E-state index contributed by atoms with van der Waals surface area (Å²) in [6.07, 6.45) is 4.17. The number of carbonyl (C=O) groups is 1. The number of halogens is 1. The van der Waals surface area contributed by atoms with Crippen LogP contribution in [0.4, 0.5) is 5.13 Å². The minimum absolute atomic E-state index is 0.0787. The van der Waals surface area contributed by atoms with Crippen molar-refractivity contribution in [3.05, 3.63) is 46.4 Å². The molecule has 1 aliphatic rings. The van der Waals surface area contributed by atoms with E-state index in [2.05, 4.69) is 15.2 Å². The molecule has 1 aromatic heterocycles. The van der Waals surface area contributed by atoms with Crippen molar-refractivity contribution in [3.63, 3.8) is 0 Å². The molecule has 1 fully saturated rings. The van der Waals surface area contributed by atoms with Gasteiger partial charge in [-0.1, -0.05) is 23.7 Å². The van der Waals surface area contributed by atoms with Crippen LogP contribution in [0.1, 0.15) is 18.4 Å². The molecule has 0 atom stereocenters. The van der Waals surface area contributed by atoms with E-state index >= 15 is 0 Å². The standard InChI is InChI=1S/C16H18ClN3OS/c17-13-3-1-12(2-4-13)11-15(21)19-14-5-8-20(9-6-14)16-18-7-10-22-16/h1-4,7,10,14H,5-6,8-9,11H2,(H,19,21). The Hall–Kier alpha value is -1.59. The molecule has 6 heteroatoms. The Labute approximate surface area is 139 Å². The van der Waals surface area contributed by atoms with Crippen LogP contribution in [-0.2, 0) is 11.2 Å². The Kier molecular flexibility index (Phi) is 4.95. The van der Waals surface area contributed by atoms with Gasteiger partial charge in [0.2, 0.25) is 5.91 Å². The largest absolute Gasteiger partial charge is 0.353 e. The summed E-state index contributed by atoms with van der Waals surface area (Å²) in [6.45, 7) is 1.89. The molecule has 1 aromatic carbocycles. The zero-order valence-corrected chi connectivity index (χ0v) is 13.7. The van der Waals surface area contributed by atoms with Gasteiger partial charge in [-0.3, -0.25) is 4.79 Å². The van der Waals surface area contributed by atoms with Gasteiger partial charge in [0.25, 0.3) is 0 Å². The van der Waals surface area contributed by atoms with E-state index in [0.717, 1.165) is 36.6 Å². The highest BCUT2D eigenvalue weighted by molar-refractivity contribution is 7.13. The SMILES string of the molecule is O=C(Cc1ccc(Cl)cc1)NC1CCN(c2nccs2)CC1. The van der Waals surface area contributed by atoms with Gasteiger partial charge in [0, 0.05) is 35.7 Å². The third-order valence-electron chi connectivity index (χ3n) is 3.83. The molecule has 4 nitrogen and oxygen atoms in total. The summed E-state index contributed by atoms with van der Waals surface area (Å²) in [5.41, 5.74) is 0.988. The Balaban J connectivity index is 1.46. The van der Waals surface area contributed by atoms with Crippen LogP contribution in [0.5, 0.6) is 0 Å². The molecule has 1 N–H and O–H groups in total. The van der Waals surface area contributed by atoms with Crippen molar-refractivity contribution in [2.75, 3.05) is 18.0 Å². The fraction of sp³-hybridized carbons (Fsp3) is 0.375. The third kappa shape index (κ3) is 3.99. The summed E-state index contributed by atoms with van der Waals surface area (Å²) in [6, 6.07) is 7.68. The Morgan fingerprint density at radius 3 is 2.68 bits per heavy atom. The van der Waals surface area contributed by atoms with E-state index in [-0.39, 0.29) is 11.9 Å². The first-order valence-electron chi connectivity index (χ1n) is 7.39. The number of amides is 1. The van der Waals surface area contributed by atoms with Gasteiger partial charge in [-0.05, 0) is 30.5 Å². The lowest BCUT2D eigenvalue weighted by atomic mass is 10.0. The number of rotatable bonds is 4. The highest BCUT2D eigenvalue weighted by Gasteiger charge is 2.21. The number of thiazole rings is 1. The van der Waals surface area contributed by atoms with E-state index in [4.69, 9.17) is 11.6 Å². The quantitative estimate of drug-likeness (QED) is 0.933. The maximum atomic E-state index is 12.1. The molecule has 0 bridgehead atoms. The molecule has 22 heavy (non-hydrogen) atoms. The minimum atomic E-state index is 0.0787. The minimum Gasteiger partial charge on any atom is -0.353 e. The summed E-state index contributed by atoms with van der Waals surface area (Å²) in [5, 5.41) is 6.90. The van der Waals surface area contributed by atoms with E-state index in [1.807, 2.05) is 35.8 Å². The summed E-state index contributed by atoms with van der Waals surface area (Å²) < 4.78 is 0. The van der Waals surface area contributed by atoms with Crippen molar-refractivity contribution in [2.24, 2.45) is 0 Å². The molecule has 1 aliphatic heterocycles. The predicted octanol–water partition coefficient (Wildman–Crippen LogP) is 3.12. The fourth-order valence-corrected chi connectivity index (χ4v) is 3.48. The molecule has 0 radical (unpaired) electrons. The molecule has 3 rings (SSSR count). The molecular formula is C16H18ClN3OS. The van der Waals surface area contributed by atoms with E-state index in [1.54, 1.807) is 11.3 Å². The van der Waals surface area contributed by atoms with Gasteiger partial charge in [0.1, 0.15) is 0 Å². The van der Waals surface area contributed by atoms with Gasteiger partial charge in [-0.25, -0.2) is 4.98 Å². The second-order valence-electron chi connectivity index (χ2n) is 5.45. The summed E-state index contributed by atoms with van der Waals surface area (Å²) in [7, 11) is 0. The molecule has 0 saturated carbocycles. The van der Waals surface area contributed by atoms with Crippen LogP contribution in [0.25, 0.3) is 0 Å². The van der Waals surface area contributed by atoms with Gasteiger partial charge in [-0.15, -0.1) is 11.3 Å². The number of nitrogens with one attached hydrogen (secondary N) is 1. The molecule has 1 saturated heterocycles. The predicted molar refractivity (Wildman–Crippen MR) is 90.6 cm³/mol. The summed E-state index contributed by atoms with van der Waals surface area (Å²) in [5.74, 6) is 0.0787. The first-order chi connectivity index (χ1) is 10.7. The number of aromatic nitrogens is 1. The maximum Gasteiger partial charge on any atom is 0.224 e. The first-order valence-corrected chi connectivity index (χ1v) is 8.65. The van der Waals surface area contributed by atoms with Gasteiger partial charge < -0.3 is 10.2 Å². The second kappa shape index (κ2) is 7.11. The van der Waals surface area contributed by atoms with Crippen LogP contribution < -0.4 is 10.2 Å². The molecule has 116 valence electrons. The Morgan fingerprint density at radius 1 is 1.32 bits per heavy atom. The smallest absolute Gasteiger partial charge is 0.224 e. The zero-order chi connectivity index (χ0) is 15.4. The number of hydrogen-bond donors (Lipinski definition) is 1. The number of anilines is 1. The molecule has 0 aliphatic carbocycles. The fourth-order valence-electron chi connectivity index (χ4n) is 2.65. The lowest BCUT2D eigenvalue weighted by Crippen LogP contribution is -2.45. The first kappa shape index (κ1) is 15.3. The number of carbonyl (C=O) groups excluding carboxylic acids is 1. The monoisotopic (exact) mass is 335 g/mol. The van der Waals surface area contributed by atoms with Crippen molar-refractivity contribution in [1.29, 1.82) is 0 Å². The van der Waals surface area contributed by atoms with E-state index < -0.39 is 0 Å². The Bertz CT molecular complexity index is 607. The second-order valence-corrected chi connectivity index (χ2v) is 6.76. The number of hydrogen-bond acceptors (Lipinski definition) is 4. The molecule has 0 spiro atoms. The van der Waals surface area contributed by atoms with E-state index in [9.17, 15) is 4.79 Å². The summed E-state index contributed by atoms with van der Waals surface area (Å²) in [4.78, 5) is 18.7. The number of nitrogens with zero attached hydrogens (tertiary/aromatic N) is 2. The lowest BCUT2D eigenvalue weighted by molar-refractivity contribution is -0.121. The van der Waals surface area contributed by atoms with Crippen molar-refractivity contribution >= 4 is 34.0 Å². The lowest BCUT2D eigenvalue weighted by Gasteiger charge is -2.32. The molecule has 2 heterocycles. The molecule has 1 amide bonds. The average molecular weight is 336 g/mol. The topological polar surface area (TPSA) is 45.2 Å². The average Bonchev–Trinajstić information content (AvgIpc) is 3.05. The highest BCUT2D eigenvalue weighted by Crippen LogP contribution is 2.22. The number of benzene rings is 1. The van der Waals surface area contributed by atoms with Crippen LogP contribution in [0.3, 0.4) is 0 Å². The van der Waals surface area contributed by atoms with E-state index in [0.29, 0.717) is 11.4 Å². The van der Waals surface area contributed by atoms with E-state index in [1.165, 1.54) is 0 Å². The van der Waals surface area contributed by atoms with Gasteiger partial charge in [0.15, 0.2) is 5.13 Å². The van der Waals surface area contributed by atoms with Crippen molar-refractivity contribution < 1.29 is 4.79 Å². The van der Waals surface area contributed by atoms with Crippen molar-refractivity contribution in [2.45, 2.75) is 25.3 Å². The van der Waals surface area contributed by atoms with Crippen LogP contribution >= 0.6 is 22.9 Å². The van der Waals surface area contributed by atoms with Crippen molar-refractivity contribution in [1.82, 2.24) is 10.3 Å². The maximum absolute atomic E-state index is 12.1. The van der Waals surface area contributed by atoms with Crippen LogP contribution in [0.15, 0.2) is 35.8 Å². The summed E-state index contributed by atoms with van der Waals surface area (Å²) >= 11 is 7.51. The molecule has 2 aromatic rings. The Morgan fingerprint density at radius 2 is 2.05 bits per heavy atom. The van der Waals surface area contributed by atoms with Crippen LogP contribution in [-0.4, -0.2) is 30.0 Å². The van der Waals surface area contributed by atoms with Gasteiger partial charge in [-0.2, -0.15) is 0 Å². The van der Waals surface area contributed by atoms with Crippen LogP contribution in [0.2, 0.25) is 5.02 Å². The normalized spacial score (nSPS) is 15.8. The van der Waals surface area contributed by atoms with Gasteiger partial charge in [0.05, 0.1) is 6.42 Å². The molecular weight excluding hydrogens is 318 g/mol.